The summed E-state index contributed by atoms with van der Waals surface area (Å²) in [7, 11) is 0. The number of carbonyl (C=O) groups is 1. The van der Waals surface area contributed by atoms with E-state index in [0.29, 0.717) is 5.25 Å². The fraction of sp³-hybridized carbons (Fsp3) is 0.500. The van der Waals surface area contributed by atoms with Crippen LogP contribution in [0.3, 0.4) is 0 Å². The minimum absolute atomic E-state index is 0.107. The van der Waals surface area contributed by atoms with Crippen LogP contribution in [0.1, 0.15) is 31.6 Å². The third kappa shape index (κ3) is 5.12. The fourth-order valence-corrected chi connectivity index (χ4v) is 1.93. The number of aliphatic hydroxyl groups excluding tert-OH is 1. The zero-order valence-electron chi connectivity index (χ0n) is 11.9. The first-order chi connectivity index (χ1) is 8.88. The Balaban J connectivity index is 2.69. The largest absolute Gasteiger partial charge is 0.394 e. The zero-order valence-corrected chi connectivity index (χ0v) is 12.7. The fourth-order valence-electron chi connectivity index (χ4n) is 1.51. The maximum Gasteiger partial charge on any atom is 0.319 e. The summed E-state index contributed by atoms with van der Waals surface area (Å²) in [4.78, 5) is 11.8. The predicted octanol–water partition coefficient (Wildman–Crippen LogP) is 3.00. The van der Waals surface area contributed by atoms with E-state index >= 15 is 0 Å². The van der Waals surface area contributed by atoms with Gasteiger partial charge in [-0.15, -0.1) is 0 Å². The van der Waals surface area contributed by atoms with E-state index in [1.54, 1.807) is 25.6 Å². The molecule has 0 fully saturated rings. The standard InChI is InChI=1S/C14H22N2O2S/c1-10(19-4)11-6-5-7-12(8-11)15-13(18)16-14(2,3)9-17/h5-8,10,17H,9H2,1-4H3,(H2,15,16,18)/t10-/m1/s1. The smallest absolute Gasteiger partial charge is 0.319 e. The Kier molecular flexibility index (Phi) is 5.69. The summed E-state index contributed by atoms with van der Waals surface area (Å²) >= 11 is 1.76. The average Bonchev–Trinajstić information content (AvgIpc) is 2.37. The van der Waals surface area contributed by atoms with Crippen LogP contribution in [0.25, 0.3) is 0 Å². The summed E-state index contributed by atoms with van der Waals surface area (Å²) in [6.45, 7) is 5.54. The molecule has 0 aliphatic rings. The second-order valence-electron chi connectivity index (χ2n) is 5.12. The molecule has 0 saturated heterocycles. The summed E-state index contributed by atoms with van der Waals surface area (Å²) < 4.78 is 0. The molecule has 1 aromatic rings. The van der Waals surface area contributed by atoms with Crippen LogP contribution in [0.15, 0.2) is 24.3 Å². The molecule has 0 spiro atoms. The predicted molar refractivity (Wildman–Crippen MR) is 81.7 cm³/mol. The van der Waals surface area contributed by atoms with E-state index in [0.717, 1.165) is 5.69 Å². The molecule has 0 unspecified atom stereocenters. The monoisotopic (exact) mass is 282 g/mol. The third-order valence-corrected chi connectivity index (χ3v) is 3.79. The van der Waals surface area contributed by atoms with Gasteiger partial charge in [0.05, 0.1) is 12.1 Å². The van der Waals surface area contributed by atoms with Gasteiger partial charge in [0.2, 0.25) is 0 Å². The number of benzene rings is 1. The molecule has 19 heavy (non-hydrogen) atoms. The number of nitrogens with one attached hydrogen (secondary N) is 2. The maximum absolute atomic E-state index is 11.8. The van der Waals surface area contributed by atoms with E-state index in [-0.39, 0.29) is 12.6 Å². The molecule has 0 aliphatic heterocycles. The number of carbonyl (C=O) groups excluding carboxylic acids is 1. The van der Waals surface area contributed by atoms with Gasteiger partial charge < -0.3 is 15.7 Å². The highest BCUT2D eigenvalue weighted by Gasteiger charge is 2.19. The first kappa shape index (κ1) is 15.9. The summed E-state index contributed by atoms with van der Waals surface area (Å²) in [5.41, 5.74) is 1.30. The van der Waals surface area contributed by atoms with Crippen molar-refractivity contribution < 1.29 is 9.90 Å². The number of anilines is 1. The van der Waals surface area contributed by atoms with Gasteiger partial charge in [0, 0.05) is 10.9 Å². The summed E-state index contributed by atoms with van der Waals surface area (Å²) in [5, 5.41) is 15.0. The molecule has 0 aromatic heterocycles. The van der Waals surface area contributed by atoms with E-state index < -0.39 is 5.54 Å². The van der Waals surface area contributed by atoms with Crippen LogP contribution in [0.4, 0.5) is 10.5 Å². The van der Waals surface area contributed by atoms with Gasteiger partial charge in [0.1, 0.15) is 0 Å². The molecule has 0 heterocycles. The Morgan fingerprint density at radius 3 is 2.74 bits per heavy atom. The van der Waals surface area contributed by atoms with Crippen molar-refractivity contribution in [2.45, 2.75) is 31.6 Å². The molecule has 3 N–H and O–H groups in total. The molecule has 5 heteroatoms. The number of hydrogen-bond acceptors (Lipinski definition) is 3. The van der Waals surface area contributed by atoms with Gasteiger partial charge in [-0.1, -0.05) is 12.1 Å². The number of rotatable bonds is 5. The first-order valence-corrected chi connectivity index (χ1v) is 7.49. The van der Waals surface area contributed by atoms with E-state index in [9.17, 15) is 4.79 Å². The van der Waals surface area contributed by atoms with Crippen LogP contribution >= 0.6 is 11.8 Å². The quantitative estimate of drug-likeness (QED) is 0.778. The highest BCUT2D eigenvalue weighted by molar-refractivity contribution is 7.98. The summed E-state index contributed by atoms with van der Waals surface area (Å²) in [6, 6.07) is 7.47. The lowest BCUT2D eigenvalue weighted by Gasteiger charge is -2.23. The van der Waals surface area contributed by atoms with Crippen molar-refractivity contribution in [1.29, 1.82) is 0 Å². The number of urea groups is 1. The number of hydrogen-bond donors (Lipinski definition) is 3. The van der Waals surface area contributed by atoms with Gasteiger partial charge in [-0.05, 0) is 44.7 Å². The van der Waals surface area contributed by atoms with E-state index in [1.807, 2.05) is 24.3 Å². The van der Waals surface area contributed by atoms with Gasteiger partial charge in [-0.3, -0.25) is 0 Å². The molecule has 106 valence electrons. The normalized spacial score (nSPS) is 12.9. The van der Waals surface area contributed by atoms with Crippen molar-refractivity contribution in [3.8, 4) is 0 Å². The molecule has 1 atom stereocenters. The van der Waals surface area contributed by atoms with Gasteiger partial charge >= 0.3 is 6.03 Å². The molecule has 0 aliphatic carbocycles. The minimum Gasteiger partial charge on any atom is -0.394 e. The Labute approximate surface area is 119 Å². The van der Waals surface area contributed by atoms with Gasteiger partial charge in [0.15, 0.2) is 0 Å². The Morgan fingerprint density at radius 1 is 1.47 bits per heavy atom. The van der Waals surface area contributed by atoms with Crippen molar-refractivity contribution in [3.05, 3.63) is 29.8 Å². The summed E-state index contributed by atoms with van der Waals surface area (Å²) in [6.07, 6.45) is 2.06. The molecule has 1 rings (SSSR count). The van der Waals surface area contributed by atoms with Gasteiger partial charge in [-0.2, -0.15) is 11.8 Å². The number of aliphatic hydroxyl groups is 1. The van der Waals surface area contributed by atoms with Crippen molar-refractivity contribution in [2.24, 2.45) is 0 Å². The lowest BCUT2D eigenvalue weighted by molar-refractivity contribution is 0.187. The van der Waals surface area contributed by atoms with Crippen molar-refractivity contribution >= 4 is 23.5 Å². The van der Waals surface area contributed by atoms with E-state index in [2.05, 4.69) is 23.8 Å². The Bertz CT molecular complexity index is 435. The van der Waals surface area contributed by atoms with Crippen LogP contribution in [-0.4, -0.2) is 29.5 Å². The van der Waals surface area contributed by atoms with Crippen LogP contribution in [0, 0.1) is 0 Å². The third-order valence-electron chi connectivity index (χ3n) is 2.81. The van der Waals surface area contributed by atoms with E-state index in [1.165, 1.54) is 5.56 Å². The second-order valence-corrected chi connectivity index (χ2v) is 6.30. The first-order valence-electron chi connectivity index (χ1n) is 6.21. The molecule has 0 saturated carbocycles. The zero-order chi connectivity index (χ0) is 14.5. The van der Waals surface area contributed by atoms with Crippen molar-refractivity contribution in [2.75, 3.05) is 18.2 Å². The van der Waals surface area contributed by atoms with E-state index in [4.69, 9.17) is 5.11 Å². The van der Waals surface area contributed by atoms with Crippen molar-refractivity contribution in [3.63, 3.8) is 0 Å². The average molecular weight is 282 g/mol. The molecule has 0 radical (unpaired) electrons. The summed E-state index contributed by atoms with van der Waals surface area (Å²) in [5.74, 6) is 0. The molecular formula is C14H22N2O2S. The number of thioether (sulfide) groups is 1. The van der Waals surface area contributed by atoms with Crippen LogP contribution < -0.4 is 10.6 Å². The topological polar surface area (TPSA) is 61.4 Å². The number of amides is 2. The highest BCUT2D eigenvalue weighted by Crippen LogP contribution is 2.27. The lowest BCUT2D eigenvalue weighted by Crippen LogP contribution is -2.48. The minimum atomic E-state index is -0.631. The Hall–Kier alpha value is -1.20. The highest BCUT2D eigenvalue weighted by atomic mass is 32.2. The molecule has 2 amide bonds. The van der Waals surface area contributed by atoms with Crippen LogP contribution in [-0.2, 0) is 0 Å². The van der Waals surface area contributed by atoms with Crippen LogP contribution in [0.5, 0.6) is 0 Å². The molecule has 0 bridgehead atoms. The van der Waals surface area contributed by atoms with Gasteiger partial charge in [0.25, 0.3) is 0 Å². The maximum atomic E-state index is 11.8. The SMILES string of the molecule is CS[C@H](C)c1cccc(NC(=O)NC(C)(C)CO)c1. The van der Waals surface area contributed by atoms with Gasteiger partial charge in [-0.25, -0.2) is 4.79 Å². The molecular weight excluding hydrogens is 260 g/mol. The Morgan fingerprint density at radius 2 is 2.16 bits per heavy atom. The lowest BCUT2D eigenvalue weighted by atomic mass is 10.1. The van der Waals surface area contributed by atoms with Crippen LogP contribution in [0.2, 0.25) is 0 Å². The van der Waals surface area contributed by atoms with Crippen molar-refractivity contribution in [1.82, 2.24) is 5.32 Å². The second kappa shape index (κ2) is 6.82. The molecule has 1 aromatic carbocycles. The molecule has 4 nitrogen and oxygen atoms in total.